The summed E-state index contributed by atoms with van der Waals surface area (Å²) in [4.78, 5) is 24.2. The molecule has 1 atom stereocenters. The lowest BCUT2D eigenvalue weighted by Crippen LogP contribution is -2.41. The summed E-state index contributed by atoms with van der Waals surface area (Å²) >= 11 is 0. The first-order valence-corrected chi connectivity index (χ1v) is 7.12. The number of nitro groups is 1. The second kappa shape index (κ2) is 7.40. The van der Waals surface area contributed by atoms with Gasteiger partial charge in [-0.25, -0.2) is 4.79 Å². The fraction of sp³-hybridized carbons (Fsp3) is 0.235. The standard InChI is InChI=1S/C17H18N2O4/c1-18(14-8-10-15(11-9-14)19(21)22)16(17(20)23-2)12-13-6-4-3-5-7-13/h3-11,16H,12H2,1-2H3/t16-/m0/s1. The predicted molar refractivity (Wildman–Crippen MR) is 87.4 cm³/mol. The third-order valence-corrected chi connectivity index (χ3v) is 3.68. The fourth-order valence-corrected chi connectivity index (χ4v) is 2.34. The zero-order valence-corrected chi connectivity index (χ0v) is 13.0. The molecule has 2 aromatic carbocycles. The number of methoxy groups -OCH3 is 1. The zero-order valence-electron chi connectivity index (χ0n) is 13.0. The van der Waals surface area contributed by atoms with Crippen LogP contribution in [0.2, 0.25) is 0 Å². The number of anilines is 1. The highest BCUT2D eigenvalue weighted by atomic mass is 16.6. The molecule has 0 aliphatic heterocycles. The summed E-state index contributed by atoms with van der Waals surface area (Å²) in [7, 11) is 3.12. The molecular formula is C17H18N2O4. The molecule has 0 bridgehead atoms. The number of benzene rings is 2. The molecule has 0 N–H and O–H groups in total. The highest BCUT2D eigenvalue weighted by molar-refractivity contribution is 5.80. The van der Waals surface area contributed by atoms with E-state index in [4.69, 9.17) is 4.74 Å². The average Bonchev–Trinajstić information content (AvgIpc) is 2.59. The van der Waals surface area contributed by atoms with E-state index in [2.05, 4.69) is 0 Å². The van der Waals surface area contributed by atoms with Crippen molar-refractivity contribution in [3.05, 3.63) is 70.3 Å². The molecule has 0 spiro atoms. The van der Waals surface area contributed by atoms with Crippen LogP contribution >= 0.6 is 0 Å². The van der Waals surface area contributed by atoms with Crippen molar-refractivity contribution in [2.45, 2.75) is 12.5 Å². The van der Waals surface area contributed by atoms with Crippen molar-refractivity contribution >= 4 is 17.3 Å². The molecular weight excluding hydrogens is 296 g/mol. The molecule has 120 valence electrons. The Kier molecular flexibility index (Phi) is 5.30. The Bertz CT molecular complexity index is 671. The van der Waals surface area contributed by atoms with Crippen molar-refractivity contribution in [3.63, 3.8) is 0 Å². The van der Waals surface area contributed by atoms with E-state index in [0.717, 1.165) is 5.56 Å². The number of nitro benzene ring substituents is 1. The Hall–Kier alpha value is -2.89. The highest BCUT2D eigenvalue weighted by Gasteiger charge is 2.25. The maximum Gasteiger partial charge on any atom is 0.328 e. The molecule has 0 saturated heterocycles. The van der Waals surface area contributed by atoms with E-state index < -0.39 is 11.0 Å². The fourth-order valence-electron chi connectivity index (χ4n) is 2.34. The van der Waals surface area contributed by atoms with Crippen LogP contribution < -0.4 is 4.90 Å². The molecule has 2 aromatic rings. The van der Waals surface area contributed by atoms with Gasteiger partial charge >= 0.3 is 5.97 Å². The van der Waals surface area contributed by atoms with E-state index in [0.29, 0.717) is 12.1 Å². The number of non-ortho nitro benzene ring substituents is 1. The molecule has 0 heterocycles. The number of esters is 1. The largest absolute Gasteiger partial charge is 0.467 e. The number of hydrogen-bond donors (Lipinski definition) is 0. The second-order valence-corrected chi connectivity index (χ2v) is 5.11. The minimum atomic E-state index is -0.510. The SMILES string of the molecule is COC(=O)[C@H](Cc1ccccc1)N(C)c1ccc([N+](=O)[O-])cc1. The summed E-state index contributed by atoms with van der Waals surface area (Å²) in [5.74, 6) is -0.352. The number of nitrogens with zero attached hydrogens (tertiary/aromatic N) is 2. The molecule has 6 nitrogen and oxygen atoms in total. The molecule has 0 saturated carbocycles. The van der Waals surface area contributed by atoms with Crippen molar-refractivity contribution in [1.82, 2.24) is 0 Å². The number of rotatable bonds is 6. The quantitative estimate of drug-likeness (QED) is 0.466. The van der Waals surface area contributed by atoms with E-state index in [-0.39, 0.29) is 11.7 Å². The molecule has 0 unspecified atom stereocenters. The third-order valence-electron chi connectivity index (χ3n) is 3.68. The van der Waals surface area contributed by atoms with Crippen LogP contribution in [0.4, 0.5) is 11.4 Å². The van der Waals surface area contributed by atoms with Gasteiger partial charge in [0.25, 0.3) is 5.69 Å². The van der Waals surface area contributed by atoms with E-state index in [1.54, 1.807) is 24.1 Å². The van der Waals surface area contributed by atoms with Crippen LogP contribution in [0.5, 0.6) is 0 Å². The Balaban J connectivity index is 2.24. The van der Waals surface area contributed by atoms with Gasteiger partial charge in [-0.15, -0.1) is 0 Å². The number of likely N-dealkylation sites (N-methyl/N-ethyl adjacent to an activating group) is 1. The normalized spacial score (nSPS) is 11.6. The first-order valence-electron chi connectivity index (χ1n) is 7.12. The smallest absolute Gasteiger partial charge is 0.328 e. The van der Waals surface area contributed by atoms with Crippen molar-refractivity contribution in [2.24, 2.45) is 0 Å². The van der Waals surface area contributed by atoms with Gasteiger partial charge in [-0.05, 0) is 17.7 Å². The van der Waals surface area contributed by atoms with Gasteiger partial charge in [0.1, 0.15) is 6.04 Å². The molecule has 0 amide bonds. The van der Waals surface area contributed by atoms with E-state index in [9.17, 15) is 14.9 Å². The number of carbonyl (C=O) groups excluding carboxylic acids is 1. The van der Waals surface area contributed by atoms with E-state index >= 15 is 0 Å². The summed E-state index contributed by atoms with van der Waals surface area (Å²) in [6.45, 7) is 0. The van der Waals surface area contributed by atoms with Crippen LogP contribution in [-0.2, 0) is 16.0 Å². The Labute approximate surface area is 134 Å². The number of ether oxygens (including phenoxy) is 1. The van der Waals surface area contributed by atoms with Gasteiger partial charge in [0.2, 0.25) is 0 Å². The first-order chi connectivity index (χ1) is 11.0. The van der Waals surface area contributed by atoms with Crippen LogP contribution in [0.15, 0.2) is 54.6 Å². The van der Waals surface area contributed by atoms with Crippen molar-refractivity contribution in [3.8, 4) is 0 Å². The summed E-state index contributed by atoms with van der Waals surface area (Å²) in [5, 5.41) is 10.7. The summed E-state index contributed by atoms with van der Waals surface area (Å²) < 4.78 is 4.90. The number of hydrogen-bond acceptors (Lipinski definition) is 5. The van der Waals surface area contributed by atoms with Crippen LogP contribution in [0.25, 0.3) is 0 Å². The van der Waals surface area contributed by atoms with Crippen LogP contribution in [0.1, 0.15) is 5.56 Å². The van der Waals surface area contributed by atoms with Crippen molar-refractivity contribution in [2.75, 3.05) is 19.1 Å². The van der Waals surface area contributed by atoms with Gasteiger partial charge in [0.05, 0.1) is 12.0 Å². The topological polar surface area (TPSA) is 72.7 Å². The average molecular weight is 314 g/mol. The number of carbonyl (C=O) groups is 1. The lowest BCUT2D eigenvalue weighted by molar-refractivity contribution is -0.384. The molecule has 0 radical (unpaired) electrons. The van der Waals surface area contributed by atoms with Gasteiger partial charge in [0.15, 0.2) is 0 Å². The molecule has 6 heteroatoms. The van der Waals surface area contributed by atoms with Crippen LogP contribution in [0.3, 0.4) is 0 Å². The van der Waals surface area contributed by atoms with Crippen LogP contribution in [-0.4, -0.2) is 31.1 Å². The van der Waals surface area contributed by atoms with E-state index in [1.807, 2.05) is 30.3 Å². The van der Waals surface area contributed by atoms with Gasteiger partial charge in [-0.1, -0.05) is 30.3 Å². The maximum atomic E-state index is 12.1. The van der Waals surface area contributed by atoms with E-state index in [1.165, 1.54) is 19.2 Å². The van der Waals surface area contributed by atoms with Crippen LogP contribution in [0, 0.1) is 10.1 Å². The molecule has 0 aromatic heterocycles. The van der Waals surface area contributed by atoms with Gasteiger partial charge in [-0.2, -0.15) is 0 Å². The van der Waals surface area contributed by atoms with Gasteiger partial charge in [0, 0.05) is 31.3 Å². The van der Waals surface area contributed by atoms with Crippen molar-refractivity contribution in [1.29, 1.82) is 0 Å². The molecule has 23 heavy (non-hydrogen) atoms. The molecule has 0 aliphatic rings. The second-order valence-electron chi connectivity index (χ2n) is 5.11. The third kappa shape index (κ3) is 4.06. The summed E-state index contributed by atoms with van der Waals surface area (Å²) in [6.07, 6.45) is 0.487. The maximum absolute atomic E-state index is 12.1. The van der Waals surface area contributed by atoms with Gasteiger partial charge in [-0.3, -0.25) is 10.1 Å². The Morgan fingerprint density at radius 3 is 2.30 bits per heavy atom. The summed E-state index contributed by atoms with van der Waals surface area (Å²) in [5.41, 5.74) is 1.73. The lowest BCUT2D eigenvalue weighted by Gasteiger charge is -2.28. The molecule has 2 rings (SSSR count). The Morgan fingerprint density at radius 1 is 1.17 bits per heavy atom. The molecule has 0 fully saturated rings. The minimum absolute atomic E-state index is 0.0137. The minimum Gasteiger partial charge on any atom is -0.467 e. The molecule has 0 aliphatic carbocycles. The first kappa shape index (κ1) is 16.5. The lowest BCUT2D eigenvalue weighted by atomic mass is 10.0. The highest BCUT2D eigenvalue weighted by Crippen LogP contribution is 2.22. The monoisotopic (exact) mass is 314 g/mol. The predicted octanol–water partition coefficient (Wildman–Crippen LogP) is 2.82. The van der Waals surface area contributed by atoms with Gasteiger partial charge < -0.3 is 9.64 Å². The summed E-state index contributed by atoms with van der Waals surface area (Å²) in [6, 6.07) is 15.2. The Morgan fingerprint density at radius 2 is 1.78 bits per heavy atom. The zero-order chi connectivity index (χ0) is 16.8. The van der Waals surface area contributed by atoms with Crippen molar-refractivity contribution < 1.29 is 14.5 Å².